The molecule has 0 radical (unpaired) electrons. The first-order valence-corrected chi connectivity index (χ1v) is 8.69. The number of rotatable bonds is 5. The second-order valence-corrected chi connectivity index (χ2v) is 7.07. The Labute approximate surface area is 138 Å². The van der Waals surface area contributed by atoms with Crippen LogP contribution in [0.5, 0.6) is 0 Å². The molecule has 124 valence electrons. The molecule has 0 aliphatic carbocycles. The molecule has 2 N–H and O–H groups in total. The lowest BCUT2D eigenvalue weighted by Crippen LogP contribution is -2.38. The minimum absolute atomic E-state index is 0.00420. The molecular weight excluding hydrogens is 330 g/mol. The second-order valence-electron chi connectivity index (χ2n) is 5.35. The molecule has 0 saturated carbocycles. The van der Waals surface area contributed by atoms with Crippen LogP contribution in [-0.4, -0.2) is 25.5 Å². The summed E-state index contributed by atoms with van der Waals surface area (Å²) in [6, 6.07) is 14.3. The summed E-state index contributed by atoms with van der Waals surface area (Å²) in [5, 5.41) is 9.77. The SMILES string of the molecule is C[C@@H](NS(=O)(=O)c1ccc(-c2cc3ccccc3o2)cc1)C(=O)O. The Balaban J connectivity index is 1.89. The molecule has 0 bridgehead atoms. The van der Waals surface area contributed by atoms with Crippen molar-refractivity contribution in [3.05, 3.63) is 54.6 Å². The van der Waals surface area contributed by atoms with Gasteiger partial charge in [-0.15, -0.1) is 0 Å². The van der Waals surface area contributed by atoms with Gasteiger partial charge in [0.1, 0.15) is 17.4 Å². The molecule has 7 heteroatoms. The van der Waals surface area contributed by atoms with Gasteiger partial charge in [0, 0.05) is 10.9 Å². The van der Waals surface area contributed by atoms with Crippen LogP contribution >= 0.6 is 0 Å². The number of fused-ring (bicyclic) bond motifs is 1. The first kappa shape index (κ1) is 16.2. The molecule has 0 aliphatic rings. The first-order chi connectivity index (χ1) is 11.4. The van der Waals surface area contributed by atoms with Gasteiger partial charge in [-0.25, -0.2) is 8.42 Å². The summed E-state index contributed by atoms with van der Waals surface area (Å²) in [6.07, 6.45) is 0. The highest BCUT2D eigenvalue weighted by atomic mass is 32.2. The Morgan fingerprint density at radius 3 is 2.42 bits per heavy atom. The Morgan fingerprint density at radius 1 is 1.12 bits per heavy atom. The van der Waals surface area contributed by atoms with E-state index in [1.54, 1.807) is 12.1 Å². The Morgan fingerprint density at radius 2 is 1.79 bits per heavy atom. The van der Waals surface area contributed by atoms with Crippen LogP contribution in [0.1, 0.15) is 6.92 Å². The number of carboxylic acid groups (broad SMARTS) is 1. The number of furan rings is 1. The summed E-state index contributed by atoms with van der Waals surface area (Å²) >= 11 is 0. The van der Waals surface area contributed by atoms with Crippen molar-refractivity contribution in [1.82, 2.24) is 4.72 Å². The molecule has 0 amide bonds. The van der Waals surface area contributed by atoms with Gasteiger partial charge in [0.25, 0.3) is 0 Å². The van der Waals surface area contributed by atoms with Gasteiger partial charge in [0.2, 0.25) is 10.0 Å². The van der Waals surface area contributed by atoms with Crippen LogP contribution in [0.2, 0.25) is 0 Å². The van der Waals surface area contributed by atoms with E-state index < -0.39 is 22.0 Å². The van der Waals surface area contributed by atoms with Crippen molar-refractivity contribution in [3.63, 3.8) is 0 Å². The molecule has 0 aliphatic heterocycles. The minimum atomic E-state index is -3.89. The first-order valence-electron chi connectivity index (χ1n) is 7.21. The molecule has 0 saturated heterocycles. The maximum absolute atomic E-state index is 12.1. The lowest BCUT2D eigenvalue weighted by Gasteiger charge is -2.10. The van der Waals surface area contributed by atoms with Crippen molar-refractivity contribution >= 4 is 27.0 Å². The van der Waals surface area contributed by atoms with E-state index in [0.717, 1.165) is 16.5 Å². The Kier molecular flexibility index (Phi) is 4.13. The number of sulfonamides is 1. The molecule has 1 aromatic heterocycles. The van der Waals surface area contributed by atoms with Crippen molar-refractivity contribution in [2.75, 3.05) is 0 Å². The highest BCUT2D eigenvalue weighted by Crippen LogP contribution is 2.28. The van der Waals surface area contributed by atoms with Gasteiger partial charge in [0.15, 0.2) is 0 Å². The topological polar surface area (TPSA) is 96.6 Å². The van der Waals surface area contributed by atoms with Gasteiger partial charge >= 0.3 is 5.97 Å². The zero-order valence-electron chi connectivity index (χ0n) is 12.8. The van der Waals surface area contributed by atoms with Crippen molar-refractivity contribution in [2.45, 2.75) is 17.9 Å². The highest BCUT2D eigenvalue weighted by Gasteiger charge is 2.21. The van der Waals surface area contributed by atoms with Crippen molar-refractivity contribution in [2.24, 2.45) is 0 Å². The number of hydrogen-bond acceptors (Lipinski definition) is 4. The molecule has 3 aromatic rings. The summed E-state index contributed by atoms with van der Waals surface area (Å²) in [5.41, 5.74) is 1.48. The normalized spacial score (nSPS) is 13.0. The zero-order valence-corrected chi connectivity index (χ0v) is 13.6. The van der Waals surface area contributed by atoms with E-state index in [9.17, 15) is 13.2 Å². The average molecular weight is 345 g/mol. The van der Waals surface area contributed by atoms with Gasteiger partial charge in [-0.3, -0.25) is 4.79 Å². The molecule has 3 rings (SSSR count). The van der Waals surface area contributed by atoms with Crippen LogP contribution in [-0.2, 0) is 14.8 Å². The summed E-state index contributed by atoms with van der Waals surface area (Å²) in [4.78, 5) is 10.8. The molecule has 6 nitrogen and oxygen atoms in total. The summed E-state index contributed by atoms with van der Waals surface area (Å²) in [7, 11) is -3.89. The summed E-state index contributed by atoms with van der Waals surface area (Å²) < 4.78 is 32.1. The molecule has 2 aromatic carbocycles. The van der Waals surface area contributed by atoms with Crippen LogP contribution in [0.4, 0.5) is 0 Å². The third-order valence-electron chi connectivity index (χ3n) is 3.58. The second kappa shape index (κ2) is 6.10. The van der Waals surface area contributed by atoms with E-state index in [0.29, 0.717) is 5.76 Å². The van der Waals surface area contributed by atoms with E-state index >= 15 is 0 Å². The number of para-hydroxylation sites is 1. The van der Waals surface area contributed by atoms with Crippen LogP contribution in [0.3, 0.4) is 0 Å². The number of benzene rings is 2. The summed E-state index contributed by atoms with van der Waals surface area (Å²) in [5.74, 6) is -0.607. The maximum atomic E-state index is 12.1. The molecule has 0 spiro atoms. The van der Waals surface area contributed by atoms with Crippen molar-refractivity contribution in [3.8, 4) is 11.3 Å². The predicted molar refractivity (Wildman–Crippen MR) is 89.1 cm³/mol. The average Bonchev–Trinajstić information content (AvgIpc) is 2.98. The van der Waals surface area contributed by atoms with E-state index in [2.05, 4.69) is 4.72 Å². The van der Waals surface area contributed by atoms with Crippen molar-refractivity contribution in [1.29, 1.82) is 0 Å². The quantitative estimate of drug-likeness (QED) is 0.741. The van der Waals surface area contributed by atoms with Crippen LogP contribution in [0, 0.1) is 0 Å². The monoisotopic (exact) mass is 345 g/mol. The minimum Gasteiger partial charge on any atom is -0.480 e. The molecule has 0 unspecified atom stereocenters. The molecule has 1 atom stereocenters. The molecule has 0 fully saturated rings. The lowest BCUT2D eigenvalue weighted by molar-refractivity contribution is -0.138. The third-order valence-corrected chi connectivity index (χ3v) is 5.13. The zero-order chi connectivity index (χ0) is 17.3. The molecular formula is C17H15NO5S. The van der Waals surface area contributed by atoms with Crippen LogP contribution in [0.15, 0.2) is 63.9 Å². The van der Waals surface area contributed by atoms with Gasteiger partial charge in [-0.05, 0) is 43.3 Å². The van der Waals surface area contributed by atoms with E-state index in [1.165, 1.54) is 19.1 Å². The highest BCUT2D eigenvalue weighted by molar-refractivity contribution is 7.89. The third kappa shape index (κ3) is 3.17. The fourth-order valence-electron chi connectivity index (χ4n) is 2.27. The van der Waals surface area contributed by atoms with E-state index in [4.69, 9.17) is 9.52 Å². The van der Waals surface area contributed by atoms with Gasteiger partial charge in [-0.2, -0.15) is 4.72 Å². The van der Waals surface area contributed by atoms with Crippen molar-refractivity contribution < 1.29 is 22.7 Å². The van der Waals surface area contributed by atoms with E-state index in [-0.39, 0.29) is 4.90 Å². The number of nitrogens with one attached hydrogen (secondary N) is 1. The molecule has 24 heavy (non-hydrogen) atoms. The fourth-order valence-corrected chi connectivity index (χ4v) is 3.47. The fraction of sp³-hybridized carbons (Fsp3) is 0.118. The number of hydrogen-bond donors (Lipinski definition) is 2. The number of carboxylic acids is 1. The van der Waals surface area contributed by atoms with Gasteiger partial charge in [0.05, 0.1) is 4.90 Å². The predicted octanol–water partition coefficient (Wildman–Crippen LogP) is 2.85. The largest absolute Gasteiger partial charge is 0.480 e. The lowest BCUT2D eigenvalue weighted by atomic mass is 10.1. The standard InChI is InChI=1S/C17H15NO5S/c1-11(17(19)20)18-24(21,22)14-8-6-12(7-9-14)16-10-13-4-2-3-5-15(13)23-16/h2-11,18H,1H3,(H,19,20)/t11-/m1/s1. The Hall–Kier alpha value is -2.64. The van der Waals surface area contributed by atoms with Crippen LogP contribution < -0.4 is 4.72 Å². The van der Waals surface area contributed by atoms with Gasteiger partial charge < -0.3 is 9.52 Å². The maximum Gasteiger partial charge on any atom is 0.321 e. The van der Waals surface area contributed by atoms with Crippen LogP contribution in [0.25, 0.3) is 22.3 Å². The van der Waals surface area contributed by atoms with Gasteiger partial charge in [-0.1, -0.05) is 18.2 Å². The smallest absolute Gasteiger partial charge is 0.321 e. The van der Waals surface area contributed by atoms with E-state index in [1.807, 2.05) is 30.3 Å². The Bertz CT molecular complexity index is 956. The number of aliphatic carboxylic acids is 1. The summed E-state index contributed by atoms with van der Waals surface area (Å²) in [6.45, 7) is 1.27. The molecule has 1 heterocycles. The number of carbonyl (C=O) groups is 1.